The molecule has 2 atom stereocenters. The Morgan fingerprint density at radius 1 is 1.56 bits per heavy atom. The predicted octanol–water partition coefficient (Wildman–Crippen LogP) is 1.47. The summed E-state index contributed by atoms with van der Waals surface area (Å²) in [6.07, 6.45) is 2.69. The molecule has 0 aromatic carbocycles. The van der Waals surface area contributed by atoms with Gasteiger partial charge in [0.05, 0.1) is 0 Å². The van der Waals surface area contributed by atoms with Crippen LogP contribution in [0.4, 0.5) is 4.39 Å². The standard InChI is InChI=1S/C7H14FN/c1-5(8)7(9)6-3-2-4-6/h5-7H,2-4,9H2,1H3. The van der Waals surface area contributed by atoms with E-state index in [1.807, 2.05) is 0 Å². The Kier molecular flexibility index (Phi) is 2.06. The first-order valence-electron chi connectivity index (χ1n) is 3.61. The SMILES string of the molecule is CC(F)C(N)C1CCC1. The van der Waals surface area contributed by atoms with E-state index in [2.05, 4.69) is 0 Å². The molecule has 1 saturated carbocycles. The largest absolute Gasteiger partial charge is 0.325 e. The van der Waals surface area contributed by atoms with Crippen molar-refractivity contribution in [2.75, 3.05) is 0 Å². The zero-order valence-corrected chi connectivity index (χ0v) is 5.81. The van der Waals surface area contributed by atoms with E-state index in [-0.39, 0.29) is 6.04 Å². The molecule has 0 amide bonds. The minimum atomic E-state index is -0.824. The van der Waals surface area contributed by atoms with E-state index >= 15 is 0 Å². The fourth-order valence-corrected chi connectivity index (χ4v) is 1.20. The molecule has 1 nitrogen and oxygen atoms in total. The Morgan fingerprint density at radius 3 is 2.22 bits per heavy atom. The molecule has 2 unspecified atom stereocenters. The van der Waals surface area contributed by atoms with Gasteiger partial charge in [0.15, 0.2) is 0 Å². The van der Waals surface area contributed by atoms with Crippen molar-refractivity contribution in [2.45, 2.75) is 38.4 Å². The molecule has 0 spiro atoms. The lowest BCUT2D eigenvalue weighted by atomic mass is 9.79. The van der Waals surface area contributed by atoms with E-state index in [1.165, 1.54) is 6.42 Å². The summed E-state index contributed by atoms with van der Waals surface area (Å²) in [6.45, 7) is 1.54. The zero-order valence-electron chi connectivity index (χ0n) is 5.81. The molecule has 0 aromatic heterocycles. The van der Waals surface area contributed by atoms with Gasteiger partial charge in [0.1, 0.15) is 6.17 Å². The smallest absolute Gasteiger partial charge is 0.113 e. The third kappa shape index (κ3) is 1.42. The molecule has 9 heavy (non-hydrogen) atoms. The van der Waals surface area contributed by atoms with Crippen LogP contribution in [0.1, 0.15) is 26.2 Å². The molecule has 1 rings (SSSR count). The Hall–Kier alpha value is -0.110. The van der Waals surface area contributed by atoms with Crippen LogP contribution in [0.3, 0.4) is 0 Å². The molecular weight excluding hydrogens is 117 g/mol. The second-order valence-corrected chi connectivity index (χ2v) is 2.95. The van der Waals surface area contributed by atoms with Crippen molar-refractivity contribution in [1.29, 1.82) is 0 Å². The Balaban J connectivity index is 2.23. The second-order valence-electron chi connectivity index (χ2n) is 2.95. The maximum atomic E-state index is 12.4. The third-order valence-corrected chi connectivity index (χ3v) is 2.22. The molecule has 0 saturated heterocycles. The average Bonchev–Trinajstić information content (AvgIpc) is 1.60. The minimum absolute atomic E-state index is 0.196. The number of hydrogen-bond donors (Lipinski definition) is 1. The van der Waals surface area contributed by atoms with Gasteiger partial charge in [-0.15, -0.1) is 0 Å². The fourth-order valence-electron chi connectivity index (χ4n) is 1.20. The summed E-state index contributed by atoms with van der Waals surface area (Å²) in [4.78, 5) is 0. The van der Waals surface area contributed by atoms with Crippen molar-refractivity contribution >= 4 is 0 Å². The number of halogens is 1. The maximum absolute atomic E-state index is 12.4. The van der Waals surface area contributed by atoms with Gasteiger partial charge in [-0.25, -0.2) is 4.39 Å². The quantitative estimate of drug-likeness (QED) is 0.603. The maximum Gasteiger partial charge on any atom is 0.113 e. The van der Waals surface area contributed by atoms with Crippen molar-refractivity contribution in [3.63, 3.8) is 0 Å². The van der Waals surface area contributed by atoms with E-state index in [1.54, 1.807) is 6.92 Å². The Bertz CT molecular complexity index is 88.9. The van der Waals surface area contributed by atoms with Crippen molar-refractivity contribution in [3.8, 4) is 0 Å². The first-order valence-corrected chi connectivity index (χ1v) is 3.61. The summed E-state index contributed by atoms with van der Waals surface area (Å²) in [6, 6.07) is -0.196. The lowest BCUT2D eigenvalue weighted by Gasteiger charge is -2.31. The lowest BCUT2D eigenvalue weighted by Crippen LogP contribution is -2.40. The summed E-state index contributed by atoms with van der Waals surface area (Å²) in [5, 5.41) is 0. The van der Waals surface area contributed by atoms with Gasteiger partial charge in [-0.2, -0.15) is 0 Å². The highest BCUT2D eigenvalue weighted by Gasteiger charge is 2.27. The van der Waals surface area contributed by atoms with Crippen molar-refractivity contribution in [2.24, 2.45) is 11.7 Å². The van der Waals surface area contributed by atoms with E-state index in [0.29, 0.717) is 5.92 Å². The van der Waals surface area contributed by atoms with Gasteiger partial charge in [-0.05, 0) is 25.7 Å². The van der Waals surface area contributed by atoms with Gasteiger partial charge in [0.25, 0.3) is 0 Å². The summed E-state index contributed by atoms with van der Waals surface area (Å²) < 4.78 is 12.4. The summed E-state index contributed by atoms with van der Waals surface area (Å²) in [5.41, 5.74) is 5.55. The topological polar surface area (TPSA) is 26.0 Å². The number of hydrogen-bond acceptors (Lipinski definition) is 1. The third-order valence-electron chi connectivity index (χ3n) is 2.22. The molecule has 1 aliphatic rings. The van der Waals surface area contributed by atoms with E-state index in [9.17, 15) is 4.39 Å². The van der Waals surface area contributed by atoms with E-state index < -0.39 is 6.17 Å². The summed E-state index contributed by atoms with van der Waals surface area (Å²) in [7, 11) is 0. The van der Waals surface area contributed by atoms with Gasteiger partial charge in [0, 0.05) is 6.04 Å². The molecule has 0 bridgehead atoms. The Morgan fingerprint density at radius 2 is 2.11 bits per heavy atom. The lowest BCUT2D eigenvalue weighted by molar-refractivity contribution is 0.178. The van der Waals surface area contributed by atoms with Gasteiger partial charge < -0.3 is 5.73 Å². The minimum Gasteiger partial charge on any atom is -0.325 e. The molecule has 0 heterocycles. The van der Waals surface area contributed by atoms with Crippen molar-refractivity contribution in [1.82, 2.24) is 0 Å². The van der Waals surface area contributed by atoms with Gasteiger partial charge in [0.2, 0.25) is 0 Å². The average molecular weight is 131 g/mol. The van der Waals surface area contributed by atoms with E-state index in [0.717, 1.165) is 12.8 Å². The molecule has 1 fully saturated rings. The van der Waals surface area contributed by atoms with Gasteiger partial charge in [-0.3, -0.25) is 0 Å². The van der Waals surface area contributed by atoms with Crippen LogP contribution in [0.5, 0.6) is 0 Å². The number of alkyl halides is 1. The fraction of sp³-hybridized carbons (Fsp3) is 1.00. The molecule has 0 radical (unpaired) electrons. The van der Waals surface area contributed by atoms with Crippen LogP contribution >= 0.6 is 0 Å². The summed E-state index contributed by atoms with van der Waals surface area (Å²) in [5.74, 6) is 0.477. The highest BCUT2D eigenvalue weighted by molar-refractivity contribution is 4.83. The van der Waals surface area contributed by atoms with Crippen molar-refractivity contribution < 1.29 is 4.39 Å². The molecular formula is C7H14FN. The van der Waals surface area contributed by atoms with Crippen molar-refractivity contribution in [3.05, 3.63) is 0 Å². The molecule has 0 aliphatic heterocycles. The molecule has 1 aliphatic carbocycles. The highest BCUT2D eigenvalue weighted by Crippen LogP contribution is 2.30. The first kappa shape index (κ1) is 7.00. The number of rotatable bonds is 2. The summed E-state index contributed by atoms with van der Waals surface area (Å²) >= 11 is 0. The van der Waals surface area contributed by atoms with Gasteiger partial charge >= 0.3 is 0 Å². The predicted molar refractivity (Wildman–Crippen MR) is 35.9 cm³/mol. The van der Waals surface area contributed by atoms with Crippen LogP contribution in [0.25, 0.3) is 0 Å². The van der Waals surface area contributed by atoms with Crippen LogP contribution in [-0.4, -0.2) is 12.2 Å². The van der Waals surface area contributed by atoms with Crippen LogP contribution in [0, 0.1) is 5.92 Å². The first-order chi connectivity index (χ1) is 4.22. The van der Waals surface area contributed by atoms with E-state index in [4.69, 9.17) is 5.73 Å². The van der Waals surface area contributed by atoms with Crippen LogP contribution in [-0.2, 0) is 0 Å². The van der Waals surface area contributed by atoms with Crippen LogP contribution in [0.15, 0.2) is 0 Å². The Labute approximate surface area is 55.4 Å². The highest BCUT2D eigenvalue weighted by atomic mass is 19.1. The van der Waals surface area contributed by atoms with Crippen LogP contribution < -0.4 is 5.73 Å². The normalized spacial score (nSPS) is 27.0. The van der Waals surface area contributed by atoms with Crippen LogP contribution in [0.2, 0.25) is 0 Å². The molecule has 2 N–H and O–H groups in total. The monoisotopic (exact) mass is 131 g/mol. The number of nitrogens with two attached hydrogens (primary N) is 1. The zero-order chi connectivity index (χ0) is 6.85. The molecule has 2 heteroatoms. The molecule has 54 valence electrons. The van der Waals surface area contributed by atoms with Gasteiger partial charge in [-0.1, -0.05) is 6.42 Å². The second kappa shape index (κ2) is 2.65. The molecule has 0 aromatic rings.